The van der Waals surface area contributed by atoms with E-state index in [1.165, 1.54) is 5.56 Å². The minimum atomic E-state index is 0.588. The summed E-state index contributed by atoms with van der Waals surface area (Å²) in [6.45, 7) is 4.33. The molecule has 74 valence electrons. The maximum absolute atomic E-state index is 3.19. The van der Waals surface area contributed by atoms with Crippen LogP contribution in [0, 0.1) is 0 Å². The standard InChI is InChI=1S/C10H18N2S/c1-9(6-11-2)12(3)7-10-4-5-13-8-10/h4-5,8-9,11H,6-7H2,1-3H3. The van der Waals surface area contributed by atoms with Gasteiger partial charge in [0.15, 0.2) is 0 Å². The van der Waals surface area contributed by atoms with Crippen LogP contribution in [0.3, 0.4) is 0 Å². The van der Waals surface area contributed by atoms with Gasteiger partial charge in [0.2, 0.25) is 0 Å². The number of rotatable bonds is 5. The molecule has 0 aliphatic carbocycles. The Bertz CT molecular complexity index is 221. The zero-order valence-corrected chi connectivity index (χ0v) is 9.40. The average Bonchev–Trinajstić information content (AvgIpc) is 2.57. The normalized spacial score (nSPS) is 13.5. The fraction of sp³-hybridized carbons (Fsp3) is 0.600. The van der Waals surface area contributed by atoms with Gasteiger partial charge in [0.1, 0.15) is 0 Å². The molecular formula is C10H18N2S. The zero-order chi connectivity index (χ0) is 9.68. The Morgan fingerprint density at radius 2 is 2.38 bits per heavy atom. The lowest BCUT2D eigenvalue weighted by molar-refractivity contribution is 0.246. The molecular weight excluding hydrogens is 180 g/mol. The Labute approximate surface area is 84.6 Å². The maximum Gasteiger partial charge on any atom is 0.0242 e. The van der Waals surface area contributed by atoms with Crippen molar-refractivity contribution in [3.63, 3.8) is 0 Å². The first-order chi connectivity index (χ1) is 6.24. The molecule has 0 aliphatic rings. The topological polar surface area (TPSA) is 15.3 Å². The summed E-state index contributed by atoms with van der Waals surface area (Å²) in [5, 5.41) is 7.53. The summed E-state index contributed by atoms with van der Waals surface area (Å²) in [5.41, 5.74) is 1.41. The highest BCUT2D eigenvalue weighted by Crippen LogP contribution is 2.09. The summed E-state index contributed by atoms with van der Waals surface area (Å²) >= 11 is 1.76. The Kier molecular flexibility index (Phi) is 4.42. The molecule has 1 heterocycles. The number of likely N-dealkylation sites (N-methyl/N-ethyl adjacent to an activating group) is 2. The van der Waals surface area contributed by atoms with Gasteiger partial charge >= 0.3 is 0 Å². The third-order valence-corrected chi connectivity index (χ3v) is 3.00. The second-order valence-corrected chi connectivity index (χ2v) is 4.23. The van der Waals surface area contributed by atoms with Crippen molar-refractivity contribution in [2.75, 3.05) is 20.6 Å². The smallest absolute Gasteiger partial charge is 0.0242 e. The predicted octanol–water partition coefficient (Wildman–Crippen LogP) is 1.79. The molecule has 0 radical (unpaired) electrons. The fourth-order valence-electron chi connectivity index (χ4n) is 1.28. The molecule has 0 spiro atoms. The summed E-state index contributed by atoms with van der Waals surface area (Å²) in [7, 11) is 4.16. The first-order valence-electron chi connectivity index (χ1n) is 4.60. The molecule has 1 aromatic heterocycles. The number of thiophene rings is 1. The van der Waals surface area contributed by atoms with Crippen molar-refractivity contribution in [3.8, 4) is 0 Å². The van der Waals surface area contributed by atoms with Gasteiger partial charge in [-0.25, -0.2) is 0 Å². The number of hydrogen-bond donors (Lipinski definition) is 1. The van der Waals surface area contributed by atoms with E-state index in [-0.39, 0.29) is 0 Å². The van der Waals surface area contributed by atoms with E-state index in [1.54, 1.807) is 11.3 Å². The quantitative estimate of drug-likeness (QED) is 0.776. The van der Waals surface area contributed by atoms with E-state index in [1.807, 2.05) is 7.05 Å². The van der Waals surface area contributed by atoms with Gasteiger partial charge in [0.05, 0.1) is 0 Å². The van der Waals surface area contributed by atoms with Crippen LogP contribution in [0.4, 0.5) is 0 Å². The molecule has 0 saturated heterocycles. The van der Waals surface area contributed by atoms with Crippen molar-refractivity contribution < 1.29 is 0 Å². The predicted molar refractivity (Wildman–Crippen MR) is 59.2 cm³/mol. The molecule has 0 aromatic carbocycles. The highest BCUT2D eigenvalue weighted by molar-refractivity contribution is 7.07. The molecule has 0 amide bonds. The summed E-state index contributed by atoms with van der Waals surface area (Å²) < 4.78 is 0. The van der Waals surface area contributed by atoms with Gasteiger partial charge in [-0.2, -0.15) is 11.3 Å². The van der Waals surface area contributed by atoms with Crippen LogP contribution in [0.15, 0.2) is 16.8 Å². The van der Waals surface area contributed by atoms with Crippen molar-refractivity contribution in [3.05, 3.63) is 22.4 Å². The van der Waals surface area contributed by atoms with Gasteiger partial charge in [0, 0.05) is 19.1 Å². The van der Waals surface area contributed by atoms with Crippen molar-refractivity contribution in [2.24, 2.45) is 0 Å². The van der Waals surface area contributed by atoms with Crippen LogP contribution in [0.2, 0.25) is 0 Å². The van der Waals surface area contributed by atoms with E-state index in [9.17, 15) is 0 Å². The summed E-state index contributed by atoms with van der Waals surface area (Å²) in [6, 6.07) is 2.78. The third kappa shape index (κ3) is 3.46. The van der Waals surface area contributed by atoms with Crippen molar-refractivity contribution in [1.29, 1.82) is 0 Å². The van der Waals surface area contributed by atoms with Crippen LogP contribution >= 0.6 is 11.3 Å². The van der Waals surface area contributed by atoms with E-state index in [4.69, 9.17) is 0 Å². The Morgan fingerprint density at radius 3 is 2.92 bits per heavy atom. The van der Waals surface area contributed by atoms with Crippen LogP contribution in [0.25, 0.3) is 0 Å². The van der Waals surface area contributed by atoms with Gasteiger partial charge in [-0.05, 0) is 43.4 Å². The van der Waals surface area contributed by atoms with E-state index in [2.05, 4.69) is 41.0 Å². The van der Waals surface area contributed by atoms with Crippen LogP contribution in [0.1, 0.15) is 12.5 Å². The largest absolute Gasteiger partial charge is 0.318 e. The lowest BCUT2D eigenvalue weighted by Crippen LogP contribution is -2.36. The second-order valence-electron chi connectivity index (χ2n) is 3.45. The third-order valence-electron chi connectivity index (χ3n) is 2.26. The monoisotopic (exact) mass is 198 g/mol. The highest BCUT2D eigenvalue weighted by atomic mass is 32.1. The number of nitrogens with zero attached hydrogens (tertiary/aromatic N) is 1. The second kappa shape index (κ2) is 5.37. The van der Waals surface area contributed by atoms with Crippen LogP contribution in [-0.4, -0.2) is 31.6 Å². The lowest BCUT2D eigenvalue weighted by Gasteiger charge is -2.23. The van der Waals surface area contributed by atoms with Gasteiger partial charge < -0.3 is 5.32 Å². The van der Waals surface area contributed by atoms with Gasteiger partial charge in [-0.3, -0.25) is 4.90 Å². The molecule has 2 nitrogen and oxygen atoms in total. The lowest BCUT2D eigenvalue weighted by atomic mass is 10.2. The maximum atomic E-state index is 3.19. The van der Waals surface area contributed by atoms with Gasteiger partial charge in [-0.1, -0.05) is 0 Å². The van der Waals surface area contributed by atoms with E-state index >= 15 is 0 Å². The molecule has 3 heteroatoms. The molecule has 0 fully saturated rings. The molecule has 1 aromatic rings. The number of hydrogen-bond acceptors (Lipinski definition) is 3. The molecule has 0 aliphatic heterocycles. The molecule has 1 N–H and O–H groups in total. The van der Waals surface area contributed by atoms with E-state index < -0.39 is 0 Å². The van der Waals surface area contributed by atoms with Crippen LogP contribution in [-0.2, 0) is 6.54 Å². The minimum Gasteiger partial charge on any atom is -0.318 e. The molecule has 0 bridgehead atoms. The Hall–Kier alpha value is -0.380. The SMILES string of the molecule is CNCC(C)N(C)Cc1ccsc1. The minimum absolute atomic E-state index is 0.588. The Morgan fingerprint density at radius 1 is 1.62 bits per heavy atom. The average molecular weight is 198 g/mol. The van der Waals surface area contributed by atoms with E-state index in [0.29, 0.717) is 6.04 Å². The van der Waals surface area contributed by atoms with Crippen molar-refractivity contribution in [1.82, 2.24) is 10.2 Å². The molecule has 1 rings (SSSR count). The van der Waals surface area contributed by atoms with Gasteiger partial charge in [0.25, 0.3) is 0 Å². The summed E-state index contributed by atoms with van der Waals surface area (Å²) in [4.78, 5) is 2.36. The summed E-state index contributed by atoms with van der Waals surface area (Å²) in [5.74, 6) is 0. The number of nitrogens with one attached hydrogen (secondary N) is 1. The molecule has 1 atom stereocenters. The zero-order valence-electron chi connectivity index (χ0n) is 8.58. The van der Waals surface area contributed by atoms with E-state index in [0.717, 1.165) is 13.1 Å². The fourth-order valence-corrected chi connectivity index (χ4v) is 1.94. The first-order valence-corrected chi connectivity index (χ1v) is 5.54. The van der Waals surface area contributed by atoms with Gasteiger partial charge in [-0.15, -0.1) is 0 Å². The van der Waals surface area contributed by atoms with Crippen molar-refractivity contribution >= 4 is 11.3 Å². The molecule has 1 unspecified atom stereocenters. The summed E-state index contributed by atoms with van der Waals surface area (Å²) in [6.07, 6.45) is 0. The molecule has 0 saturated carbocycles. The van der Waals surface area contributed by atoms with Crippen molar-refractivity contribution in [2.45, 2.75) is 19.5 Å². The molecule has 13 heavy (non-hydrogen) atoms. The van der Waals surface area contributed by atoms with Crippen LogP contribution < -0.4 is 5.32 Å². The first kappa shape index (κ1) is 10.7. The van der Waals surface area contributed by atoms with Crippen LogP contribution in [0.5, 0.6) is 0 Å². The Balaban J connectivity index is 2.36. The highest BCUT2D eigenvalue weighted by Gasteiger charge is 2.07.